The summed E-state index contributed by atoms with van der Waals surface area (Å²) in [5, 5.41) is 14.8. The minimum atomic E-state index is -0.949. The number of fused-ring (bicyclic) bond motifs is 2. The van der Waals surface area contributed by atoms with Gasteiger partial charge in [0, 0.05) is 10.8 Å². The van der Waals surface area contributed by atoms with E-state index in [-0.39, 0.29) is 0 Å². The number of aliphatic imine (C=N–C) groups is 1. The van der Waals surface area contributed by atoms with Gasteiger partial charge in [-0.05, 0) is 23.0 Å². The maximum Gasteiger partial charge on any atom is 0.336 e. The van der Waals surface area contributed by atoms with Crippen molar-refractivity contribution in [2.45, 2.75) is 0 Å². The Morgan fingerprint density at radius 2 is 1.40 bits per heavy atom. The van der Waals surface area contributed by atoms with Gasteiger partial charge < -0.3 is 5.11 Å². The maximum absolute atomic E-state index is 11.6. The zero-order valence-electron chi connectivity index (χ0n) is 10.3. The normalized spacial score (nSPS) is 10.4. The van der Waals surface area contributed by atoms with Gasteiger partial charge in [-0.2, -0.15) is 4.99 Å². The summed E-state index contributed by atoms with van der Waals surface area (Å²) in [6.45, 7) is 0. The largest absolute Gasteiger partial charge is 0.478 e. The molecule has 0 saturated heterocycles. The molecule has 1 N–H and O–H groups in total. The third-order valence-corrected chi connectivity index (χ3v) is 3.37. The van der Waals surface area contributed by atoms with Crippen molar-refractivity contribution >= 4 is 50.6 Å². The van der Waals surface area contributed by atoms with E-state index in [1.807, 2.05) is 36.4 Å². The van der Waals surface area contributed by atoms with Crippen LogP contribution in [0.1, 0.15) is 10.4 Å². The molecule has 0 aliphatic carbocycles. The van der Waals surface area contributed by atoms with Crippen LogP contribution in [0.15, 0.2) is 53.5 Å². The molecule has 20 heavy (non-hydrogen) atoms. The molecule has 3 aromatic carbocycles. The Morgan fingerprint density at radius 1 is 0.950 bits per heavy atom. The highest BCUT2D eigenvalue weighted by atomic mass is 32.1. The van der Waals surface area contributed by atoms with Crippen molar-refractivity contribution in [3.05, 3.63) is 54.1 Å². The van der Waals surface area contributed by atoms with Gasteiger partial charge in [0.15, 0.2) is 0 Å². The number of aromatic carboxylic acids is 1. The Morgan fingerprint density at radius 3 is 1.80 bits per heavy atom. The number of hydrogen-bond acceptors (Lipinski definition) is 3. The predicted octanol–water partition coefficient (Wildman–Crippen LogP) is 4.43. The molecule has 0 amide bonds. The molecular weight excluding hydrogens is 270 g/mol. The molecule has 0 aliphatic heterocycles. The van der Waals surface area contributed by atoms with Crippen molar-refractivity contribution in [3.63, 3.8) is 0 Å². The Bertz CT molecular complexity index is 779. The molecule has 0 bridgehead atoms. The minimum Gasteiger partial charge on any atom is -0.478 e. The molecule has 4 heteroatoms. The van der Waals surface area contributed by atoms with Gasteiger partial charge in [-0.15, -0.1) is 0 Å². The number of isothiocyanates is 1. The Labute approximate surface area is 120 Å². The van der Waals surface area contributed by atoms with Crippen LogP contribution in [0.4, 0.5) is 5.69 Å². The van der Waals surface area contributed by atoms with E-state index in [0.29, 0.717) is 22.0 Å². The smallest absolute Gasteiger partial charge is 0.336 e. The van der Waals surface area contributed by atoms with Crippen LogP contribution >= 0.6 is 12.2 Å². The van der Waals surface area contributed by atoms with E-state index in [1.165, 1.54) is 0 Å². The van der Waals surface area contributed by atoms with Gasteiger partial charge in [0.05, 0.1) is 16.4 Å². The van der Waals surface area contributed by atoms with Crippen LogP contribution in [0.5, 0.6) is 0 Å². The number of carboxylic acids is 1. The lowest BCUT2D eigenvalue weighted by Gasteiger charge is -2.10. The van der Waals surface area contributed by atoms with Gasteiger partial charge >= 0.3 is 5.97 Å². The fourth-order valence-corrected chi connectivity index (χ4v) is 2.59. The van der Waals surface area contributed by atoms with Gasteiger partial charge in [0.1, 0.15) is 0 Å². The number of hydrogen-bond donors (Lipinski definition) is 1. The molecule has 3 aromatic rings. The molecule has 3 nitrogen and oxygen atoms in total. The molecule has 0 aliphatic rings. The number of nitrogens with zero attached hydrogens (tertiary/aromatic N) is 1. The summed E-state index contributed by atoms with van der Waals surface area (Å²) in [6.07, 6.45) is 0. The van der Waals surface area contributed by atoms with Gasteiger partial charge in [-0.25, -0.2) is 4.79 Å². The third kappa shape index (κ3) is 1.79. The molecule has 0 heterocycles. The molecule has 0 radical (unpaired) electrons. The third-order valence-electron chi connectivity index (χ3n) is 3.27. The summed E-state index contributed by atoms with van der Waals surface area (Å²) >= 11 is 4.71. The van der Waals surface area contributed by atoms with Gasteiger partial charge in [0.25, 0.3) is 0 Å². The van der Waals surface area contributed by atoms with E-state index >= 15 is 0 Å². The van der Waals surface area contributed by atoms with E-state index in [0.717, 1.165) is 10.8 Å². The maximum atomic E-state index is 11.6. The fraction of sp³-hybridized carbons (Fsp3) is 0. The highest BCUT2D eigenvalue weighted by Crippen LogP contribution is 2.38. The molecule has 0 atom stereocenters. The molecule has 96 valence electrons. The molecule has 0 aromatic heterocycles. The van der Waals surface area contributed by atoms with Crippen molar-refractivity contribution in [2.75, 3.05) is 0 Å². The van der Waals surface area contributed by atoms with Crippen molar-refractivity contribution in [2.24, 2.45) is 4.99 Å². The molecular formula is C16H9NO2S. The average Bonchev–Trinajstić information content (AvgIpc) is 2.47. The van der Waals surface area contributed by atoms with Gasteiger partial charge in [-0.1, -0.05) is 48.5 Å². The van der Waals surface area contributed by atoms with E-state index < -0.39 is 5.97 Å². The lowest BCUT2D eigenvalue weighted by molar-refractivity contribution is 0.0701. The summed E-state index contributed by atoms with van der Waals surface area (Å²) in [4.78, 5) is 15.8. The Balaban J connectivity index is 2.69. The molecule has 0 saturated carbocycles. The van der Waals surface area contributed by atoms with Crippen LogP contribution in [0.3, 0.4) is 0 Å². The summed E-state index contributed by atoms with van der Waals surface area (Å²) in [5.41, 5.74) is 0.954. The van der Waals surface area contributed by atoms with Crippen molar-refractivity contribution in [3.8, 4) is 0 Å². The van der Waals surface area contributed by atoms with E-state index in [9.17, 15) is 9.90 Å². The van der Waals surface area contributed by atoms with Gasteiger partial charge in [0.2, 0.25) is 0 Å². The quantitative estimate of drug-likeness (QED) is 0.429. The Kier molecular flexibility index (Phi) is 3.03. The molecule has 0 fully saturated rings. The first-order chi connectivity index (χ1) is 9.74. The van der Waals surface area contributed by atoms with Crippen molar-refractivity contribution in [1.29, 1.82) is 0 Å². The summed E-state index contributed by atoms with van der Waals surface area (Å²) in [6, 6.07) is 14.6. The SMILES string of the molecule is O=C(O)c1c2ccccc2c(N=C=S)c2ccccc12. The molecule has 0 unspecified atom stereocenters. The number of rotatable bonds is 2. The molecule has 3 rings (SSSR count). The highest BCUT2D eigenvalue weighted by molar-refractivity contribution is 7.78. The monoisotopic (exact) mass is 279 g/mol. The zero-order valence-corrected chi connectivity index (χ0v) is 11.1. The van der Waals surface area contributed by atoms with Crippen molar-refractivity contribution in [1.82, 2.24) is 0 Å². The first-order valence-electron chi connectivity index (χ1n) is 5.98. The van der Waals surface area contributed by atoms with Crippen molar-refractivity contribution < 1.29 is 9.90 Å². The second-order valence-electron chi connectivity index (χ2n) is 4.32. The second-order valence-corrected chi connectivity index (χ2v) is 4.51. The first kappa shape index (κ1) is 12.5. The number of benzene rings is 3. The topological polar surface area (TPSA) is 49.7 Å². The van der Waals surface area contributed by atoms with E-state index in [4.69, 9.17) is 12.2 Å². The standard InChI is InChI=1S/C16H9NO2S/c18-16(19)14-10-5-1-3-7-12(10)15(17-9-20)13-8-4-2-6-11(13)14/h1-8H,(H,18,19). The van der Waals surface area contributed by atoms with E-state index in [2.05, 4.69) is 10.2 Å². The van der Waals surface area contributed by atoms with Crippen LogP contribution in [0.2, 0.25) is 0 Å². The zero-order chi connectivity index (χ0) is 14.1. The number of thiocarbonyl (C=S) groups is 1. The minimum absolute atomic E-state index is 0.291. The lowest BCUT2D eigenvalue weighted by Crippen LogP contribution is -1.99. The van der Waals surface area contributed by atoms with Crippen LogP contribution in [0.25, 0.3) is 21.5 Å². The van der Waals surface area contributed by atoms with Crippen LogP contribution in [0, 0.1) is 0 Å². The summed E-state index contributed by atoms with van der Waals surface area (Å²) in [7, 11) is 0. The van der Waals surface area contributed by atoms with Gasteiger partial charge in [-0.3, -0.25) is 0 Å². The lowest BCUT2D eigenvalue weighted by atomic mass is 9.95. The number of carbonyl (C=O) groups is 1. The van der Waals surface area contributed by atoms with Crippen LogP contribution < -0.4 is 0 Å². The number of carboxylic acid groups (broad SMARTS) is 1. The van der Waals surface area contributed by atoms with E-state index in [1.54, 1.807) is 12.1 Å². The summed E-state index contributed by atoms with van der Waals surface area (Å²) < 4.78 is 0. The molecule has 0 spiro atoms. The Hall–Kier alpha value is -2.55. The summed E-state index contributed by atoms with van der Waals surface area (Å²) in [5.74, 6) is -0.949. The average molecular weight is 279 g/mol. The van der Waals surface area contributed by atoms with Crippen LogP contribution in [-0.4, -0.2) is 16.2 Å². The fourth-order valence-electron chi connectivity index (χ4n) is 2.50. The van der Waals surface area contributed by atoms with Crippen LogP contribution in [-0.2, 0) is 0 Å². The predicted molar refractivity (Wildman–Crippen MR) is 83.1 cm³/mol. The highest BCUT2D eigenvalue weighted by Gasteiger charge is 2.17. The first-order valence-corrected chi connectivity index (χ1v) is 6.39. The second kappa shape index (κ2) is 4.85.